The summed E-state index contributed by atoms with van der Waals surface area (Å²) in [5.41, 5.74) is 3.42. The molecule has 0 aliphatic carbocycles. The van der Waals surface area contributed by atoms with Crippen molar-refractivity contribution in [2.24, 2.45) is 5.18 Å². The van der Waals surface area contributed by atoms with Crippen molar-refractivity contribution < 1.29 is 5.11 Å². The SMILES string of the molecule is O=Nc1ccc(-c2n[nH]c(=S)n2-c2ccccc2-c2ccccc2)c(O)c1. The van der Waals surface area contributed by atoms with Gasteiger partial charge in [-0.15, -0.1) is 4.91 Å². The number of aromatic nitrogens is 3. The Hall–Kier alpha value is -3.58. The second-order valence-electron chi connectivity index (χ2n) is 5.86. The van der Waals surface area contributed by atoms with Crippen molar-refractivity contribution in [1.29, 1.82) is 0 Å². The molecule has 0 amide bonds. The lowest BCUT2D eigenvalue weighted by molar-refractivity contribution is 0.477. The highest BCUT2D eigenvalue weighted by Gasteiger charge is 2.17. The van der Waals surface area contributed by atoms with Crippen LogP contribution in [0.2, 0.25) is 0 Å². The number of phenolic OH excluding ortho intramolecular Hbond substituents is 1. The van der Waals surface area contributed by atoms with E-state index in [2.05, 4.69) is 15.4 Å². The minimum Gasteiger partial charge on any atom is -0.507 e. The van der Waals surface area contributed by atoms with Crippen molar-refractivity contribution in [3.8, 4) is 34.0 Å². The van der Waals surface area contributed by atoms with Crippen LogP contribution >= 0.6 is 12.2 Å². The number of hydrogen-bond acceptors (Lipinski definition) is 5. The number of nitroso groups, excluding NO2 is 1. The van der Waals surface area contributed by atoms with Crippen molar-refractivity contribution in [2.75, 3.05) is 0 Å². The molecule has 0 saturated carbocycles. The molecule has 1 aromatic heterocycles. The average molecular weight is 374 g/mol. The minimum absolute atomic E-state index is 0.0976. The van der Waals surface area contributed by atoms with E-state index in [4.69, 9.17) is 12.2 Å². The van der Waals surface area contributed by atoms with Crippen molar-refractivity contribution in [3.63, 3.8) is 0 Å². The number of rotatable bonds is 4. The fourth-order valence-corrected chi connectivity index (χ4v) is 3.23. The third-order valence-electron chi connectivity index (χ3n) is 4.23. The molecule has 0 aliphatic rings. The molecule has 3 aromatic carbocycles. The van der Waals surface area contributed by atoms with Gasteiger partial charge in [-0.05, 0) is 41.2 Å². The lowest BCUT2D eigenvalue weighted by Gasteiger charge is -2.13. The molecule has 132 valence electrons. The summed E-state index contributed by atoms with van der Waals surface area (Å²) in [4.78, 5) is 10.7. The van der Waals surface area contributed by atoms with Crippen LogP contribution in [0.3, 0.4) is 0 Å². The monoisotopic (exact) mass is 374 g/mol. The number of aromatic amines is 1. The summed E-state index contributed by atoms with van der Waals surface area (Å²) in [6, 6.07) is 22.2. The number of aromatic hydroxyl groups is 1. The Morgan fingerprint density at radius 1 is 0.963 bits per heavy atom. The molecule has 7 heteroatoms. The highest BCUT2D eigenvalue weighted by molar-refractivity contribution is 7.71. The molecule has 6 nitrogen and oxygen atoms in total. The van der Waals surface area contributed by atoms with Crippen LogP contribution in [0, 0.1) is 9.68 Å². The summed E-state index contributed by atoms with van der Waals surface area (Å²) in [7, 11) is 0. The first-order chi connectivity index (χ1) is 13.2. The maximum atomic E-state index is 10.7. The fourth-order valence-electron chi connectivity index (χ4n) is 3.00. The highest BCUT2D eigenvalue weighted by atomic mass is 32.1. The smallest absolute Gasteiger partial charge is 0.200 e. The van der Waals surface area contributed by atoms with E-state index in [-0.39, 0.29) is 11.4 Å². The third kappa shape index (κ3) is 3.04. The predicted molar refractivity (Wildman–Crippen MR) is 107 cm³/mol. The van der Waals surface area contributed by atoms with Gasteiger partial charge in [-0.25, -0.2) is 0 Å². The summed E-state index contributed by atoms with van der Waals surface area (Å²) in [5.74, 6) is 0.345. The van der Waals surface area contributed by atoms with Crippen LogP contribution in [-0.2, 0) is 0 Å². The molecule has 0 saturated heterocycles. The molecule has 1 heterocycles. The quantitative estimate of drug-likeness (QED) is 0.372. The highest BCUT2D eigenvalue weighted by Crippen LogP contribution is 2.35. The van der Waals surface area contributed by atoms with Gasteiger partial charge in [-0.1, -0.05) is 48.5 Å². The molecule has 0 radical (unpaired) electrons. The van der Waals surface area contributed by atoms with E-state index in [1.54, 1.807) is 10.6 Å². The molecule has 0 fully saturated rings. The Bertz CT molecular complexity index is 1180. The third-order valence-corrected chi connectivity index (χ3v) is 4.50. The maximum absolute atomic E-state index is 10.7. The van der Waals surface area contributed by atoms with Gasteiger partial charge >= 0.3 is 0 Å². The van der Waals surface area contributed by atoms with Crippen LogP contribution in [-0.4, -0.2) is 19.9 Å². The molecule has 0 bridgehead atoms. The number of nitrogens with one attached hydrogen (secondary N) is 1. The molecule has 27 heavy (non-hydrogen) atoms. The Morgan fingerprint density at radius 2 is 1.70 bits per heavy atom. The van der Waals surface area contributed by atoms with Crippen LogP contribution in [0.4, 0.5) is 5.69 Å². The number of para-hydroxylation sites is 1. The molecule has 0 unspecified atom stereocenters. The summed E-state index contributed by atoms with van der Waals surface area (Å²) in [6.07, 6.45) is 0. The molecule has 0 aliphatic heterocycles. The van der Waals surface area contributed by atoms with Crippen LogP contribution in [0.1, 0.15) is 0 Å². The molecule has 0 spiro atoms. The fraction of sp³-hybridized carbons (Fsp3) is 0. The van der Waals surface area contributed by atoms with Gasteiger partial charge in [0.15, 0.2) is 10.6 Å². The predicted octanol–water partition coefficient (Wildman–Crippen LogP) is 5.37. The van der Waals surface area contributed by atoms with Gasteiger partial charge in [0, 0.05) is 11.6 Å². The van der Waals surface area contributed by atoms with Gasteiger partial charge < -0.3 is 5.11 Å². The van der Waals surface area contributed by atoms with Crippen LogP contribution in [0.5, 0.6) is 5.75 Å². The second-order valence-corrected chi connectivity index (χ2v) is 6.25. The van der Waals surface area contributed by atoms with E-state index in [1.165, 1.54) is 12.1 Å². The number of phenols is 1. The van der Waals surface area contributed by atoms with E-state index in [0.717, 1.165) is 16.8 Å². The van der Waals surface area contributed by atoms with Crippen molar-refractivity contribution in [2.45, 2.75) is 0 Å². The zero-order chi connectivity index (χ0) is 18.8. The van der Waals surface area contributed by atoms with Gasteiger partial charge in [-0.3, -0.25) is 9.67 Å². The summed E-state index contributed by atoms with van der Waals surface area (Å²) >= 11 is 5.45. The Morgan fingerprint density at radius 3 is 2.44 bits per heavy atom. The van der Waals surface area contributed by atoms with E-state index in [9.17, 15) is 10.0 Å². The van der Waals surface area contributed by atoms with Crippen LogP contribution in [0.15, 0.2) is 78.0 Å². The number of hydrogen-bond donors (Lipinski definition) is 2. The minimum atomic E-state index is -0.0976. The van der Waals surface area contributed by atoms with E-state index >= 15 is 0 Å². The molecule has 0 atom stereocenters. The number of benzene rings is 3. The van der Waals surface area contributed by atoms with Gasteiger partial charge in [0.05, 0.1) is 11.3 Å². The molecular formula is C20H14N4O2S. The normalized spacial score (nSPS) is 10.7. The van der Waals surface area contributed by atoms with Crippen molar-refractivity contribution in [1.82, 2.24) is 14.8 Å². The average Bonchev–Trinajstić information content (AvgIpc) is 3.09. The summed E-state index contributed by atoms with van der Waals surface area (Å²) in [6.45, 7) is 0. The standard InChI is InChI=1S/C20H14N4O2S/c25-18-12-14(23-26)10-11-16(18)19-21-22-20(27)24(19)17-9-5-4-8-15(17)13-6-2-1-3-7-13/h1-12,25H,(H,22,27). The van der Waals surface area contributed by atoms with E-state index < -0.39 is 0 Å². The lowest BCUT2D eigenvalue weighted by atomic mass is 10.0. The lowest BCUT2D eigenvalue weighted by Crippen LogP contribution is -2.00. The largest absolute Gasteiger partial charge is 0.507 e. The Labute approximate surface area is 159 Å². The van der Waals surface area contributed by atoms with E-state index in [0.29, 0.717) is 16.2 Å². The van der Waals surface area contributed by atoms with Crippen LogP contribution < -0.4 is 0 Å². The first-order valence-corrected chi connectivity index (χ1v) is 8.59. The molecule has 4 aromatic rings. The Balaban J connectivity index is 1.95. The summed E-state index contributed by atoms with van der Waals surface area (Å²) in [5, 5.41) is 20.3. The second kappa shape index (κ2) is 6.97. The zero-order valence-electron chi connectivity index (χ0n) is 14.0. The first kappa shape index (κ1) is 16.9. The molecule has 4 rings (SSSR count). The Kier molecular flexibility index (Phi) is 4.35. The van der Waals surface area contributed by atoms with Gasteiger partial charge in [0.25, 0.3) is 0 Å². The van der Waals surface area contributed by atoms with Crippen LogP contribution in [0.25, 0.3) is 28.2 Å². The maximum Gasteiger partial charge on any atom is 0.200 e. The van der Waals surface area contributed by atoms with Crippen molar-refractivity contribution >= 4 is 17.9 Å². The topological polar surface area (TPSA) is 83.3 Å². The van der Waals surface area contributed by atoms with Gasteiger partial charge in [0.1, 0.15) is 11.4 Å². The van der Waals surface area contributed by atoms with E-state index in [1.807, 2.05) is 54.6 Å². The van der Waals surface area contributed by atoms with Crippen molar-refractivity contribution in [3.05, 3.63) is 82.5 Å². The summed E-state index contributed by atoms with van der Waals surface area (Å²) < 4.78 is 2.16. The zero-order valence-corrected chi connectivity index (χ0v) is 14.9. The van der Waals surface area contributed by atoms with Gasteiger partial charge in [-0.2, -0.15) is 5.10 Å². The molecule has 2 N–H and O–H groups in total. The first-order valence-electron chi connectivity index (χ1n) is 8.18. The molecular weight excluding hydrogens is 360 g/mol. The van der Waals surface area contributed by atoms with Gasteiger partial charge in [0.2, 0.25) is 0 Å². The number of H-pyrrole nitrogens is 1. The number of nitrogens with zero attached hydrogens (tertiary/aromatic N) is 3.